The number of hydrogen-bond acceptors (Lipinski definition) is 4. The highest BCUT2D eigenvalue weighted by molar-refractivity contribution is 5.92. The van der Waals surface area contributed by atoms with Gasteiger partial charge in [0.1, 0.15) is 17.1 Å². The summed E-state index contributed by atoms with van der Waals surface area (Å²) in [7, 11) is 1.62. The van der Waals surface area contributed by atoms with Crippen LogP contribution in [0, 0.1) is 0 Å². The quantitative estimate of drug-likeness (QED) is 0.581. The van der Waals surface area contributed by atoms with Crippen LogP contribution in [-0.4, -0.2) is 32.6 Å². The normalized spacial score (nSPS) is 10.8. The molecule has 0 aliphatic rings. The zero-order valence-corrected chi connectivity index (χ0v) is 14.1. The van der Waals surface area contributed by atoms with Crippen LogP contribution in [0.1, 0.15) is 16.1 Å². The molecular weight excluding hydrogens is 330 g/mol. The van der Waals surface area contributed by atoms with Crippen molar-refractivity contribution in [3.63, 3.8) is 0 Å². The lowest BCUT2D eigenvalue weighted by Crippen LogP contribution is -2.23. The Bertz CT molecular complexity index is 1050. The molecule has 7 heteroatoms. The van der Waals surface area contributed by atoms with Crippen LogP contribution in [0.25, 0.3) is 16.8 Å². The van der Waals surface area contributed by atoms with Crippen LogP contribution in [-0.2, 0) is 6.54 Å². The van der Waals surface area contributed by atoms with Crippen LogP contribution in [0.3, 0.4) is 0 Å². The summed E-state index contributed by atoms with van der Waals surface area (Å²) in [4.78, 5) is 16.8. The van der Waals surface area contributed by atoms with Gasteiger partial charge in [-0.15, -0.1) is 0 Å². The van der Waals surface area contributed by atoms with Gasteiger partial charge >= 0.3 is 0 Å². The van der Waals surface area contributed by atoms with Crippen molar-refractivity contribution in [2.75, 3.05) is 7.11 Å². The van der Waals surface area contributed by atoms with Crippen molar-refractivity contribution in [3.05, 3.63) is 72.4 Å². The summed E-state index contributed by atoms with van der Waals surface area (Å²) in [6.45, 7) is 0.407. The summed E-state index contributed by atoms with van der Waals surface area (Å²) in [5, 5.41) is 9.63. The van der Waals surface area contributed by atoms with Crippen LogP contribution >= 0.6 is 0 Å². The Kier molecular flexibility index (Phi) is 4.10. The first-order valence-corrected chi connectivity index (χ1v) is 8.12. The van der Waals surface area contributed by atoms with Crippen LogP contribution in [0.15, 0.2) is 61.2 Å². The van der Waals surface area contributed by atoms with E-state index in [1.54, 1.807) is 19.5 Å². The molecule has 0 bridgehead atoms. The monoisotopic (exact) mass is 347 g/mol. The minimum Gasteiger partial charge on any atom is -0.497 e. The number of pyridine rings is 1. The highest BCUT2D eigenvalue weighted by Gasteiger charge is 2.11. The van der Waals surface area contributed by atoms with Gasteiger partial charge in [-0.2, -0.15) is 5.10 Å². The largest absolute Gasteiger partial charge is 0.497 e. The first-order chi connectivity index (χ1) is 12.7. The topological polar surface area (TPSA) is 84.3 Å². The molecule has 0 aliphatic carbocycles. The van der Waals surface area contributed by atoms with Gasteiger partial charge in [0.25, 0.3) is 5.91 Å². The fourth-order valence-corrected chi connectivity index (χ4v) is 2.74. The Morgan fingerprint density at radius 1 is 1.23 bits per heavy atom. The molecule has 1 amide bonds. The molecule has 7 nitrogen and oxygen atoms in total. The molecule has 3 aromatic heterocycles. The van der Waals surface area contributed by atoms with Crippen molar-refractivity contribution in [3.8, 4) is 16.9 Å². The maximum absolute atomic E-state index is 12.4. The number of aromatic nitrogens is 4. The van der Waals surface area contributed by atoms with Gasteiger partial charge in [-0.05, 0) is 29.8 Å². The Balaban J connectivity index is 1.51. The van der Waals surface area contributed by atoms with E-state index in [0.29, 0.717) is 17.9 Å². The Hall–Kier alpha value is -3.61. The number of carbonyl (C=O) groups is 1. The molecule has 4 rings (SSSR count). The maximum atomic E-state index is 12.4. The number of rotatable bonds is 5. The molecule has 2 N–H and O–H groups in total. The highest BCUT2D eigenvalue weighted by atomic mass is 16.5. The van der Waals surface area contributed by atoms with Gasteiger partial charge in [-0.25, -0.2) is 4.98 Å². The van der Waals surface area contributed by atoms with E-state index < -0.39 is 0 Å². The van der Waals surface area contributed by atoms with E-state index in [1.165, 1.54) is 0 Å². The van der Waals surface area contributed by atoms with Crippen LogP contribution in [0.5, 0.6) is 5.75 Å². The van der Waals surface area contributed by atoms with Crippen LogP contribution < -0.4 is 10.1 Å². The molecule has 0 fully saturated rings. The van der Waals surface area contributed by atoms with E-state index in [1.807, 2.05) is 53.2 Å². The molecule has 0 atom stereocenters. The maximum Gasteiger partial charge on any atom is 0.271 e. The zero-order chi connectivity index (χ0) is 17.9. The van der Waals surface area contributed by atoms with E-state index in [0.717, 1.165) is 22.4 Å². The second-order valence-electron chi connectivity index (χ2n) is 5.83. The molecule has 0 unspecified atom stereocenters. The molecular formula is C19H17N5O2. The Labute approximate surface area is 149 Å². The summed E-state index contributed by atoms with van der Waals surface area (Å²) in [6, 6.07) is 11.4. The average molecular weight is 347 g/mol. The number of aromatic amines is 1. The molecule has 0 aliphatic heterocycles. The van der Waals surface area contributed by atoms with Crippen molar-refractivity contribution in [2.24, 2.45) is 0 Å². The molecule has 0 radical (unpaired) electrons. The first-order valence-electron chi connectivity index (χ1n) is 8.12. The summed E-state index contributed by atoms with van der Waals surface area (Å²) < 4.78 is 7.03. The molecule has 0 saturated heterocycles. The van der Waals surface area contributed by atoms with Gasteiger partial charge in [-0.1, -0.05) is 12.1 Å². The number of H-pyrrole nitrogens is 1. The average Bonchev–Trinajstić information content (AvgIpc) is 3.35. The van der Waals surface area contributed by atoms with Gasteiger partial charge in [0.05, 0.1) is 13.3 Å². The molecule has 4 aromatic rings. The van der Waals surface area contributed by atoms with Gasteiger partial charge in [-0.3, -0.25) is 9.89 Å². The molecule has 0 saturated carbocycles. The van der Waals surface area contributed by atoms with E-state index in [4.69, 9.17) is 4.74 Å². The minimum atomic E-state index is -0.221. The Morgan fingerprint density at radius 3 is 2.96 bits per heavy atom. The number of fused-ring (bicyclic) bond motifs is 1. The summed E-state index contributed by atoms with van der Waals surface area (Å²) in [5.41, 5.74) is 4.02. The number of ether oxygens (including phenoxy) is 1. The Morgan fingerprint density at radius 2 is 2.15 bits per heavy atom. The van der Waals surface area contributed by atoms with Crippen LogP contribution in [0.2, 0.25) is 0 Å². The molecule has 0 spiro atoms. The molecule has 1 aromatic carbocycles. The molecule has 130 valence electrons. The summed E-state index contributed by atoms with van der Waals surface area (Å²) >= 11 is 0. The second kappa shape index (κ2) is 6.72. The number of nitrogens with zero attached hydrogens (tertiary/aromatic N) is 3. The zero-order valence-electron chi connectivity index (χ0n) is 14.1. The predicted octanol–water partition coefficient (Wildman–Crippen LogP) is 2.66. The number of methoxy groups -OCH3 is 1. The first kappa shape index (κ1) is 15.9. The van der Waals surface area contributed by atoms with E-state index in [9.17, 15) is 4.79 Å². The number of amides is 1. The number of nitrogens with one attached hydrogen (secondary N) is 2. The number of carbonyl (C=O) groups excluding carboxylic acids is 1. The van der Waals surface area contributed by atoms with Gasteiger partial charge in [0.2, 0.25) is 0 Å². The van der Waals surface area contributed by atoms with E-state index >= 15 is 0 Å². The lowest BCUT2D eigenvalue weighted by atomic mass is 10.2. The van der Waals surface area contributed by atoms with Gasteiger partial charge in [0, 0.05) is 36.3 Å². The number of imidazole rings is 1. The van der Waals surface area contributed by atoms with Gasteiger partial charge < -0.3 is 14.5 Å². The molecule has 3 heterocycles. The van der Waals surface area contributed by atoms with Crippen molar-refractivity contribution in [1.29, 1.82) is 0 Å². The third kappa shape index (κ3) is 3.14. The van der Waals surface area contributed by atoms with Crippen molar-refractivity contribution < 1.29 is 9.53 Å². The third-order valence-corrected chi connectivity index (χ3v) is 4.10. The standard InChI is InChI=1S/C19H17N5O2/c1-26-16-4-2-3-13(7-16)8-20-19(25)17-12-24-11-14(5-6-18(24)23-17)15-9-21-22-10-15/h2-7,9-12H,8H2,1H3,(H,20,25)(H,21,22). The van der Waals surface area contributed by atoms with Crippen molar-refractivity contribution in [2.45, 2.75) is 6.54 Å². The SMILES string of the molecule is COc1cccc(CNC(=O)c2cn3cc(-c4cn[nH]c4)ccc3n2)c1. The van der Waals surface area contributed by atoms with Crippen molar-refractivity contribution >= 4 is 11.6 Å². The number of hydrogen-bond donors (Lipinski definition) is 2. The minimum absolute atomic E-state index is 0.221. The molecule has 26 heavy (non-hydrogen) atoms. The predicted molar refractivity (Wildman–Crippen MR) is 96.9 cm³/mol. The van der Waals surface area contributed by atoms with Gasteiger partial charge in [0.15, 0.2) is 0 Å². The van der Waals surface area contributed by atoms with Crippen molar-refractivity contribution in [1.82, 2.24) is 24.9 Å². The van der Waals surface area contributed by atoms with Crippen LogP contribution in [0.4, 0.5) is 0 Å². The fraction of sp³-hybridized carbons (Fsp3) is 0.105. The van der Waals surface area contributed by atoms with E-state index in [2.05, 4.69) is 20.5 Å². The highest BCUT2D eigenvalue weighted by Crippen LogP contribution is 2.19. The summed E-state index contributed by atoms with van der Waals surface area (Å²) in [5.74, 6) is 0.539. The van der Waals surface area contributed by atoms with E-state index in [-0.39, 0.29) is 5.91 Å². The lowest BCUT2D eigenvalue weighted by molar-refractivity contribution is 0.0946. The fourth-order valence-electron chi connectivity index (χ4n) is 2.74. The lowest BCUT2D eigenvalue weighted by Gasteiger charge is -2.05. The number of benzene rings is 1. The smallest absolute Gasteiger partial charge is 0.271 e. The second-order valence-corrected chi connectivity index (χ2v) is 5.83. The summed E-state index contributed by atoms with van der Waals surface area (Å²) in [6.07, 6.45) is 7.21. The third-order valence-electron chi connectivity index (χ3n) is 4.10.